The highest BCUT2D eigenvalue weighted by Crippen LogP contribution is 2.20. The molecule has 3 atom stereocenters. The van der Waals surface area contributed by atoms with Gasteiger partial charge in [-0.1, -0.05) is 0 Å². The van der Waals surface area contributed by atoms with Crippen molar-refractivity contribution in [3.05, 3.63) is 0 Å². The number of rotatable bonds is 5. The van der Waals surface area contributed by atoms with Crippen LogP contribution in [0.4, 0.5) is 0 Å². The molecule has 0 saturated carbocycles. The molecule has 0 aromatic heterocycles. The van der Waals surface area contributed by atoms with Crippen molar-refractivity contribution < 1.29 is 24.2 Å². The second-order valence-corrected chi connectivity index (χ2v) is 4.56. The molecule has 0 bridgehead atoms. The minimum Gasteiger partial charge on any atom is -0.467 e. The third-order valence-electron chi connectivity index (χ3n) is 3.24. The van der Waals surface area contributed by atoms with E-state index in [-0.39, 0.29) is 25.0 Å². The van der Waals surface area contributed by atoms with Gasteiger partial charge in [0.2, 0.25) is 5.91 Å². The average Bonchev–Trinajstić information content (AvgIpc) is 2.76. The van der Waals surface area contributed by atoms with Crippen molar-refractivity contribution in [1.29, 1.82) is 0 Å². The fourth-order valence-electron chi connectivity index (χ4n) is 2.04. The average molecular weight is 259 g/mol. The van der Waals surface area contributed by atoms with E-state index >= 15 is 0 Å². The zero-order valence-electron chi connectivity index (χ0n) is 11.1. The Bertz CT molecular complexity index is 307. The Kier molecular flexibility index (Phi) is 5.55. The summed E-state index contributed by atoms with van der Waals surface area (Å²) in [6.45, 7) is 2.07. The van der Waals surface area contributed by atoms with Gasteiger partial charge in [-0.25, -0.2) is 4.79 Å². The number of carbonyl (C=O) groups excluding carboxylic acids is 2. The zero-order chi connectivity index (χ0) is 13.7. The Morgan fingerprint density at radius 3 is 2.67 bits per heavy atom. The lowest BCUT2D eigenvalue weighted by atomic mass is 10.1. The molecule has 0 aromatic carbocycles. The summed E-state index contributed by atoms with van der Waals surface area (Å²) in [5.41, 5.74) is 0. The van der Waals surface area contributed by atoms with E-state index in [9.17, 15) is 14.7 Å². The zero-order valence-corrected chi connectivity index (χ0v) is 11.1. The number of methoxy groups -OCH3 is 2. The van der Waals surface area contributed by atoms with Gasteiger partial charge in [0.1, 0.15) is 6.04 Å². The molecule has 0 radical (unpaired) electrons. The Hall–Kier alpha value is -1.14. The Balaban J connectivity index is 2.56. The van der Waals surface area contributed by atoms with E-state index in [1.165, 1.54) is 12.0 Å². The molecule has 1 fully saturated rings. The fraction of sp³-hybridized carbons (Fsp3) is 0.833. The van der Waals surface area contributed by atoms with Crippen molar-refractivity contribution in [3.8, 4) is 0 Å². The number of aliphatic hydroxyl groups is 1. The summed E-state index contributed by atoms with van der Waals surface area (Å²) in [5.74, 6) is -0.620. The Morgan fingerprint density at radius 2 is 2.11 bits per heavy atom. The maximum atomic E-state index is 12.0. The van der Waals surface area contributed by atoms with E-state index in [4.69, 9.17) is 4.74 Å². The Morgan fingerprint density at radius 1 is 1.44 bits per heavy atom. The van der Waals surface area contributed by atoms with E-state index < -0.39 is 18.1 Å². The number of hydrogen-bond acceptors (Lipinski definition) is 5. The van der Waals surface area contributed by atoms with Gasteiger partial charge in [0.25, 0.3) is 0 Å². The molecule has 1 amide bonds. The normalized spacial score (nSPS) is 25.0. The molecule has 1 N–H and O–H groups in total. The lowest BCUT2D eigenvalue weighted by molar-refractivity contribution is -0.151. The molecule has 18 heavy (non-hydrogen) atoms. The number of ether oxygens (including phenoxy) is 2. The summed E-state index contributed by atoms with van der Waals surface area (Å²) in [6, 6.07) is -0.657. The van der Waals surface area contributed by atoms with Crippen molar-refractivity contribution >= 4 is 11.9 Å². The van der Waals surface area contributed by atoms with E-state index in [2.05, 4.69) is 4.74 Å². The van der Waals surface area contributed by atoms with Gasteiger partial charge in [0, 0.05) is 26.5 Å². The van der Waals surface area contributed by atoms with Crippen molar-refractivity contribution in [2.45, 2.75) is 44.4 Å². The molecule has 0 aromatic rings. The predicted molar refractivity (Wildman–Crippen MR) is 63.8 cm³/mol. The predicted octanol–water partition coefficient (Wildman–Crippen LogP) is -0.0637. The topological polar surface area (TPSA) is 76.1 Å². The molecule has 1 aliphatic rings. The minimum atomic E-state index is -0.657. The van der Waals surface area contributed by atoms with Crippen molar-refractivity contribution in [1.82, 2.24) is 4.90 Å². The van der Waals surface area contributed by atoms with E-state index in [0.717, 1.165) is 0 Å². The van der Waals surface area contributed by atoms with Crippen LogP contribution in [0.1, 0.15) is 26.2 Å². The highest BCUT2D eigenvalue weighted by Gasteiger charge is 2.39. The molecule has 1 rings (SSSR count). The molecule has 0 aliphatic carbocycles. The van der Waals surface area contributed by atoms with Crippen LogP contribution in [0.3, 0.4) is 0 Å². The summed E-state index contributed by atoms with van der Waals surface area (Å²) in [4.78, 5) is 24.9. The van der Waals surface area contributed by atoms with Crippen LogP contribution in [-0.4, -0.2) is 60.9 Å². The molecule has 1 saturated heterocycles. The SMILES string of the molecule is COC(=O)C1CC(O)CN1C(=O)CCC(C)OC. The number of β-amino-alcohol motifs (C(OH)–C–C–N with tert-alkyl or cyclic N) is 1. The molecule has 6 heteroatoms. The second kappa shape index (κ2) is 6.70. The minimum absolute atomic E-state index is 0.00180. The maximum Gasteiger partial charge on any atom is 0.328 e. The maximum absolute atomic E-state index is 12.0. The fourth-order valence-corrected chi connectivity index (χ4v) is 2.04. The van der Waals surface area contributed by atoms with Crippen LogP contribution < -0.4 is 0 Å². The van der Waals surface area contributed by atoms with Crippen LogP contribution in [0.5, 0.6) is 0 Å². The van der Waals surface area contributed by atoms with Gasteiger partial charge in [-0.05, 0) is 13.3 Å². The first-order valence-electron chi connectivity index (χ1n) is 6.07. The first kappa shape index (κ1) is 14.9. The van der Waals surface area contributed by atoms with Gasteiger partial charge >= 0.3 is 5.97 Å². The molecule has 6 nitrogen and oxygen atoms in total. The van der Waals surface area contributed by atoms with Gasteiger partial charge in [0.05, 0.1) is 19.3 Å². The van der Waals surface area contributed by atoms with Crippen LogP contribution in [0, 0.1) is 0 Å². The number of amides is 1. The van der Waals surface area contributed by atoms with Gasteiger partial charge in [-0.2, -0.15) is 0 Å². The Labute approximate surface area is 107 Å². The second-order valence-electron chi connectivity index (χ2n) is 4.56. The lowest BCUT2D eigenvalue weighted by Gasteiger charge is -2.22. The molecular formula is C12H21NO5. The smallest absolute Gasteiger partial charge is 0.328 e. The number of hydrogen-bond donors (Lipinski definition) is 1. The summed E-state index contributed by atoms with van der Waals surface area (Å²) >= 11 is 0. The van der Waals surface area contributed by atoms with Crippen molar-refractivity contribution in [2.24, 2.45) is 0 Å². The van der Waals surface area contributed by atoms with E-state index in [1.807, 2.05) is 6.92 Å². The number of esters is 1. The van der Waals surface area contributed by atoms with Gasteiger partial charge in [-0.15, -0.1) is 0 Å². The van der Waals surface area contributed by atoms with Crippen LogP contribution in [-0.2, 0) is 19.1 Å². The van der Waals surface area contributed by atoms with Crippen LogP contribution >= 0.6 is 0 Å². The monoisotopic (exact) mass is 259 g/mol. The standard InChI is InChI=1S/C12H21NO5/c1-8(17-2)4-5-11(15)13-7-9(14)6-10(13)12(16)18-3/h8-10,14H,4-7H2,1-3H3. The molecule has 3 unspecified atom stereocenters. The van der Waals surface area contributed by atoms with Crippen LogP contribution in [0.15, 0.2) is 0 Å². The largest absolute Gasteiger partial charge is 0.467 e. The number of carbonyl (C=O) groups is 2. The molecule has 104 valence electrons. The highest BCUT2D eigenvalue weighted by molar-refractivity contribution is 5.85. The molecular weight excluding hydrogens is 238 g/mol. The molecule has 1 aliphatic heterocycles. The lowest BCUT2D eigenvalue weighted by Crippen LogP contribution is -2.41. The molecule has 1 heterocycles. The first-order valence-corrected chi connectivity index (χ1v) is 6.07. The quantitative estimate of drug-likeness (QED) is 0.700. The third-order valence-corrected chi connectivity index (χ3v) is 3.24. The number of aliphatic hydroxyl groups excluding tert-OH is 1. The summed E-state index contributed by atoms with van der Waals surface area (Å²) in [7, 11) is 2.87. The van der Waals surface area contributed by atoms with Gasteiger partial charge < -0.3 is 19.5 Å². The third kappa shape index (κ3) is 3.68. The van der Waals surface area contributed by atoms with Gasteiger partial charge in [-0.3, -0.25) is 4.79 Å². The van der Waals surface area contributed by atoms with Crippen molar-refractivity contribution in [3.63, 3.8) is 0 Å². The van der Waals surface area contributed by atoms with E-state index in [1.54, 1.807) is 7.11 Å². The number of likely N-dealkylation sites (tertiary alicyclic amines) is 1. The summed E-state index contributed by atoms with van der Waals surface area (Å²) < 4.78 is 9.71. The summed E-state index contributed by atoms with van der Waals surface area (Å²) in [5, 5.41) is 9.56. The molecule has 0 spiro atoms. The van der Waals surface area contributed by atoms with Crippen molar-refractivity contribution in [2.75, 3.05) is 20.8 Å². The van der Waals surface area contributed by atoms with Gasteiger partial charge in [0.15, 0.2) is 0 Å². The van der Waals surface area contributed by atoms with Crippen LogP contribution in [0.25, 0.3) is 0 Å². The highest BCUT2D eigenvalue weighted by atomic mass is 16.5. The number of nitrogens with zero attached hydrogens (tertiary/aromatic N) is 1. The van der Waals surface area contributed by atoms with E-state index in [0.29, 0.717) is 12.8 Å². The van der Waals surface area contributed by atoms with Crippen LogP contribution in [0.2, 0.25) is 0 Å². The first-order chi connectivity index (χ1) is 8.49. The summed E-state index contributed by atoms with van der Waals surface area (Å²) in [6.07, 6.45) is 0.486.